The number of rotatable bonds is 7. The fraction of sp³-hybridized carbons (Fsp3) is 0.136. The van der Waals surface area contributed by atoms with E-state index in [1.54, 1.807) is 36.4 Å². The summed E-state index contributed by atoms with van der Waals surface area (Å²) in [6, 6.07) is 20.8. The molecule has 3 aromatic carbocycles. The van der Waals surface area contributed by atoms with Crippen LogP contribution in [-0.4, -0.2) is 35.5 Å². The van der Waals surface area contributed by atoms with Crippen LogP contribution in [0.15, 0.2) is 72.8 Å². The Bertz CT molecular complexity index is 996. The predicted molar refractivity (Wildman–Crippen MR) is 106 cm³/mol. The Balaban J connectivity index is 1.61. The highest BCUT2D eigenvalue weighted by Gasteiger charge is 2.21. The third-order valence-corrected chi connectivity index (χ3v) is 4.36. The van der Waals surface area contributed by atoms with Crippen LogP contribution < -0.4 is 10.6 Å². The molecule has 28 heavy (non-hydrogen) atoms. The maximum atomic E-state index is 12.5. The number of aliphatic carboxylic acids is 1. The minimum absolute atomic E-state index is 0.166. The summed E-state index contributed by atoms with van der Waals surface area (Å²) in [6.45, 7) is -0.305. The van der Waals surface area contributed by atoms with Crippen LogP contribution in [0.5, 0.6) is 0 Å². The Kier molecular flexibility index (Phi) is 6.01. The predicted octanol–water partition coefficient (Wildman–Crippen LogP) is 2.38. The fourth-order valence-electron chi connectivity index (χ4n) is 2.97. The van der Waals surface area contributed by atoms with Crippen LogP contribution in [0.25, 0.3) is 10.8 Å². The number of carboxylic acids is 1. The minimum atomic E-state index is -1.13. The van der Waals surface area contributed by atoms with E-state index in [1.807, 2.05) is 36.4 Å². The lowest BCUT2D eigenvalue weighted by atomic mass is 10.0. The second-order valence-electron chi connectivity index (χ2n) is 6.36. The third kappa shape index (κ3) is 4.73. The molecular formula is C22H20N2O4. The summed E-state index contributed by atoms with van der Waals surface area (Å²) in [5.74, 6) is -2.07. The molecule has 2 amide bonds. The van der Waals surface area contributed by atoms with Gasteiger partial charge in [-0.2, -0.15) is 0 Å². The van der Waals surface area contributed by atoms with Gasteiger partial charge in [0.2, 0.25) is 5.91 Å². The molecule has 0 spiro atoms. The zero-order valence-corrected chi connectivity index (χ0v) is 15.1. The van der Waals surface area contributed by atoms with E-state index in [9.17, 15) is 19.5 Å². The zero-order chi connectivity index (χ0) is 19.9. The smallest absolute Gasteiger partial charge is 0.326 e. The minimum Gasteiger partial charge on any atom is -0.480 e. The Hall–Kier alpha value is -3.67. The molecule has 0 saturated heterocycles. The first kappa shape index (κ1) is 19.1. The lowest BCUT2D eigenvalue weighted by Gasteiger charge is -2.15. The Morgan fingerprint density at radius 2 is 1.54 bits per heavy atom. The Labute approximate surface area is 162 Å². The normalized spacial score (nSPS) is 11.6. The third-order valence-electron chi connectivity index (χ3n) is 4.36. The quantitative estimate of drug-likeness (QED) is 0.590. The molecule has 0 aliphatic heterocycles. The molecule has 0 radical (unpaired) electrons. The van der Waals surface area contributed by atoms with E-state index in [1.165, 1.54) is 0 Å². The lowest BCUT2D eigenvalue weighted by Crippen LogP contribution is -2.46. The summed E-state index contributed by atoms with van der Waals surface area (Å²) in [5, 5.41) is 16.1. The summed E-state index contributed by atoms with van der Waals surface area (Å²) in [5.41, 5.74) is 1.26. The highest BCUT2D eigenvalue weighted by Crippen LogP contribution is 2.18. The van der Waals surface area contributed by atoms with Crippen LogP contribution >= 0.6 is 0 Å². The van der Waals surface area contributed by atoms with Gasteiger partial charge in [-0.05, 0) is 22.4 Å². The van der Waals surface area contributed by atoms with Gasteiger partial charge in [-0.25, -0.2) is 4.79 Å². The molecule has 6 nitrogen and oxygen atoms in total. The van der Waals surface area contributed by atoms with Crippen molar-refractivity contribution in [2.75, 3.05) is 6.54 Å². The summed E-state index contributed by atoms with van der Waals surface area (Å²) in [7, 11) is 0. The molecule has 1 atom stereocenters. The van der Waals surface area contributed by atoms with Crippen LogP contribution in [0.2, 0.25) is 0 Å². The number of carboxylic acid groups (broad SMARTS) is 1. The number of hydrogen-bond acceptors (Lipinski definition) is 3. The number of hydrogen-bond donors (Lipinski definition) is 3. The number of amides is 2. The number of fused-ring (bicyclic) bond motifs is 1. The topological polar surface area (TPSA) is 95.5 Å². The van der Waals surface area contributed by atoms with Crippen molar-refractivity contribution in [1.29, 1.82) is 0 Å². The van der Waals surface area contributed by atoms with E-state index < -0.39 is 17.9 Å². The summed E-state index contributed by atoms with van der Waals surface area (Å²) in [4.78, 5) is 36.1. The molecular weight excluding hydrogens is 356 g/mol. The van der Waals surface area contributed by atoms with Crippen LogP contribution in [0.4, 0.5) is 0 Å². The van der Waals surface area contributed by atoms with E-state index >= 15 is 0 Å². The molecule has 0 heterocycles. The van der Waals surface area contributed by atoms with Crippen molar-refractivity contribution in [3.8, 4) is 0 Å². The molecule has 0 bridgehead atoms. The van der Waals surface area contributed by atoms with Gasteiger partial charge in [-0.15, -0.1) is 0 Å². The second-order valence-corrected chi connectivity index (χ2v) is 6.36. The van der Waals surface area contributed by atoms with Crippen LogP contribution in [0.3, 0.4) is 0 Å². The van der Waals surface area contributed by atoms with E-state index in [4.69, 9.17) is 0 Å². The number of carbonyl (C=O) groups excluding carboxylic acids is 2. The van der Waals surface area contributed by atoms with Crippen molar-refractivity contribution in [3.63, 3.8) is 0 Å². The van der Waals surface area contributed by atoms with Gasteiger partial charge in [-0.3, -0.25) is 9.59 Å². The molecule has 0 saturated carbocycles. The SMILES string of the molecule is O=C(CNC(=O)c1cccc2ccccc12)N[C@@H](Cc1ccccc1)C(=O)O. The van der Waals surface area contributed by atoms with Gasteiger partial charge >= 0.3 is 5.97 Å². The molecule has 142 valence electrons. The van der Waals surface area contributed by atoms with E-state index in [0.717, 1.165) is 16.3 Å². The average Bonchev–Trinajstić information content (AvgIpc) is 2.71. The molecule has 6 heteroatoms. The average molecular weight is 376 g/mol. The summed E-state index contributed by atoms with van der Waals surface area (Å²) in [6.07, 6.45) is 0.166. The van der Waals surface area contributed by atoms with Crippen LogP contribution in [0, 0.1) is 0 Å². The first-order valence-electron chi connectivity index (χ1n) is 8.86. The van der Waals surface area contributed by atoms with E-state index in [0.29, 0.717) is 5.56 Å². The van der Waals surface area contributed by atoms with Gasteiger partial charge in [0.1, 0.15) is 6.04 Å². The first-order valence-corrected chi connectivity index (χ1v) is 8.86. The van der Waals surface area contributed by atoms with Crippen molar-refractivity contribution in [2.24, 2.45) is 0 Å². The van der Waals surface area contributed by atoms with Gasteiger partial charge in [-0.1, -0.05) is 66.7 Å². The van der Waals surface area contributed by atoms with Gasteiger partial charge < -0.3 is 15.7 Å². The van der Waals surface area contributed by atoms with Crippen molar-refractivity contribution in [3.05, 3.63) is 83.9 Å². The molecule has 0 unspecified atom stereocenters. The van der Waals surface area contributed by atoms with Crippen molar-refractivity contribution >= 4 is 28.6 Å². The Morgan fingerprint density at radius 1 is 0.857 bits per heavy atom. The lowest BCUT2D eigenvalue weighted by molar-refractivity contribution is -0.141. The van der Waals surface area contributed by atoms with Crippen LogP contribution in [0.1, 0.15) is 15.9 Å². The largest absolute Gasteiger partial charge is 0.480 e. The van der Waals surface area contributed by atoms with Gasteiger partial charge in [0.15, 0.2) is 0 Å². The molecule has 0 fully saturated rings. The first-order chi connectivity index (χ1) is 13.5. The molecule has 3 rings (SSSR count). The fourth-order valence-corrected chi connectivity index (χ4v) is 2.97. The molecule has 3 N–H and O–H groups in total. The highest BCUT2D eigenvalue weighted by atomic mass is 16.4. The van der Waals surface area contributed by atoms with E-state index in [-0.39, 0.29) is 18.9 Å². The highest BCUT2D eigenvalue weighted by molar-refractivity contribution is 6.07. The van der Waals surface area contributed by atoms with Crippen LogP contribution in [-0.2, 0) is 16.0 Å². The van der Waals surface area contributed by atoms with E-state index in [2.05, 4.69) is 10.6 Å². The van der Waals surface area contributed by atoms with Crippen molar-refractivity contribution in [1.82, 2.24) is 10.6 Å². The molecule has 0 aromatic heterocycles. The monoisotopic (exact) mass is 376 g/mol. The van der Waals surface area contributed by atoms with Gasteiger partial charge in [0.25, 0.3) is 5.91 Å². The van der Waals surface area contributed by atoms with Crippen molar-refractivity contribution in [2.45, 2.75) is 12.5 Å². The van der Waals surface area contributed by atoms with Crippen molar-refractivity contribution < 1.29 is 19.5 Å². The molecule has 0 aliphatic rings. The Morgan fingerprint density at radius 3 is 2.29 bits per heavy atom. The maximum Gasteiger partial charge on any atom is 0.326 e. The number of carbonyl (C=O) groups is 3. The molecule has 3 aromatic rings. The summed E-state index contributed by atoms with van der Waals surface area (Å²) >= 11 is 0. The maximum absolute atomic E-state index is 12.5. The standard InChI is InChI=1S/C22H20N2O4/c25-20(24-19(22(27)28)13-15-7-2-1-3-8-15)14-23-21(26)18-12-6-10-16-9-4-5-11-17(16)18/h1-12,19H,13-14H2,(H,23,26)(H,24,25)(H,27,28)/t19-/m0/s1. The van der Waals surface area contributed by atoms with Gasteiger partial charge in [0, 0.05) is 12.0 Å². The summed E-state index contributed by atoms with van der Waals surface area (Å²) < 4.78 is 0. The zero-order valence-electron chi connectivity index (χ0n) is 15.1. The second kappa shape index (κ2) is 8.81. The number of benzene rings is 3. The molecule has 0 aliphatic carbocycles. The number of nitrogens with one attached hydrogen (secondary N) is 2. The van der Waals surface area contributed by atoms with Gasteiger partial charge in [0.05, 0.1) is 6.54 Å².